The van der Waals surface area contributed by atoms with Crippen LogP contribution in [0.3, 0.4) is 0 Å². The van der Waals surface area contributed by atoms with E-state index in [2.05, 4.69) is 23.7 Å². The molecule has 3 heteroatoms. The summed E-state index contributed by atoms with van der Waals surface area (Å²) in [5.74, 6) is -0.162. The molecule has 1 N–H and O–H groups in total. The minimum Gasteiger partial charge on any atom is -0.307 e. The maximum atomic E-state index is 12.9. The van der Waals surface area contributed by atoms with E-state index in [1.54, 1.807) is 17.0 Å². The highest BCUT2D eigenvalue weighted by Gasteiger charge is 2.22. The van der Waals surface area contributed by atoms with Crippen LogP contribution in [0.25, 0.3) is 0 Å². The normalized spacial score (nSPS) is 19.6. The molecule has 106 valence electrons. The quantitative estimate of drug-likeness (QED) is 0.874. The van der Waals surface area contributed by atoms with Crippen LogP contribution in [-0.4, -0.2) is 6.04 Å². The van der Waals surface area contributed by atoms with Gasteiger partial charge in [0.25, 0.3) is 0 Å². The van der Waals surface area contributed by atoms with Gasteiger partial charge in [-0.1, -0.05) is 12.1 Å². The Morgan fingerprint density at radius 2 is 2.10 bits per heavy atom. The summed E-state index contributed by atoms with van der Waals surface area (Å²) in [6.07, 6.45) is 4.67. The second kappa shape index (κ2) is 6.06. The van der Waals surface area contributed by atoms with E-state index >= 15 is 0 Å². The molecule has 0 aliphatic heterocycles. The Kier molecular flexibility index (Phi) is 4.18. The van der Waals surface area contributed by atoms with Crippen molar-refractivity contribution in [1.29, 1.82) is 0 Å². The molecule has 0 spiro atoms. The molecule has 0 bridgehead atoms. The molecule has 0 radical (unpaired) electrons. The van der Waals surface area contributed by atoms with Crippen LogP contribution in [0.5, 0.6) is 0 Å². The zero-order valence-electron chi connectivity index (χ0n) is 11.7. The number of hydrogen-bond donors (Lipinski definition) is 1. The number of fused-ring (bicyclic) bond motifs is 1. The highest BCUT2D eigenvalue weighted by atomic mass is 32.1. The zero-order valence-corrected chi connectivity index (χ0v) is 12.5. The lowest BCUT2D eigenvalue weighted by Crippen LogP contribution is -2.33. The van der Waals surface area contributed by atoms with E-state index in [0.29, 0.717) is 12.1 Å². The molecular formula is C17H20FNS. The molecule has 1 aliphatic carbocycles. The highest BCUT2D eigenvalue weighted by molar-refractivity contribution is 7.10. The third-order valence-corrected chi connectivity index (χ3v) is 4.99. The Morgan fingerprint density at radius 1 is 1.30 bits per heavy atom. The van der Waals surface area contributed by atoms with Gasteiger partial charge >= 0.3 is 0 Å². The van der Waals surface area contributed by atoms with Gasteiger partial charge in [0.15, 0.2) is 0 Å². The van der Waals surface area contributed by atoms with Gasteiger partial charge in [0, 0.05) is 17.0 Å². The molecule has 2 atom stereocenters. The zero-order chi connectivity index (χ0) is 13.9. The minimum atomic E-state index is -0.162. The number of nitrogens with one attached hydrogen (secondary N) is 1. The second-order valence-electron chi connectivity index (χ2n) is 5.64. The van der Waals surface area contributed by atoms with Crippen molar-refractivity contribution in [3.05, 3.63) is 57.5 Å². The molecule has 2 aromatic rings. The molecule has 0 fully saturated rings. The first kappa shape index (κ1) is 13.8. The van der Waals surface area contributed by atoms with Crippen molar-refractivity contribution in [2.75, 3.05) is 0 Å². The van der Waals surface area contributed by atoms with Gasteiger partial charge in [-0.25, -0.2) is 4.39 Å². The lowest BCUT2D eigenvalue weighted by atomic mass is 9.93. The van der Waals surface area contributed by atoms with Gasteiger partial charge in [-0.05, 0) is 67.3 Å². The molecule has 2 unspecified atom stereocenters. The van der Waals surface area contributed by atoms with E-state index in [1.165, 1.54) is 30.4 Å². The predicted molar refractivity (Wildman–Crippen MR) is 82.7 cm³/mol. The van der Waals surface area contributed by atoms with Crippen LogP contribution in [0.2, 0.25) is 0 Å². The van der Waals surface area contributed by atoms with Gasteiger partial charge < -0.3 is 5.32 Å². The fourth-order valence-electron chi connectivity index (χ4n) is 3.04. The minimum absolute atomic E-state index is 0.162. The Hall–Kier alpha value is -1.19. The number of halogens is 1. The largest absolute Gasteiger partial charge is 0.307 e. The van der Waals surface area contributed by atoms with E-state index in [4.69, 9.17) is 0 Å². The summed E-state index contributed by atoms with van der Waals surface area (Å²) in [6.45, 7) is 2.21. The molecule has 1 heterocycles. The van der Waals surface area contributed by atoms with Gasteiger partial charge in [-0.15, -0.1) is 11.3 Å². The van der Waals surface area contributed by atoms with Crippen LogP contribution >= 0.6 is 11.3 Å². The summed E-state index contributed by atoms with van der Waals surface area (Å²) in [7, 11) is 0. The molecule has 0 amide bonds. The number of thiophene rings is 1. The van der Waals surface area contributed by atoms with Crippen molar-refractivity contribution in [1.82, 2.24) is 5.32 Å². The van der Waals surface area contributed by atoms with Crippen molar-refractivity contribution >= 4 is 11.3 Å². The fourth-order valence-corrected chi connectivity index (χ4v) is 4.02. The number of rotatable bonds is 4. The second-order valence-corrected chi connectivity index (χ2v) is 6.64. The molecule has 1 aliphatic rings. The summed E-state index contributed by atoms with van der Waals surface area (Å²) in [6, 6.07) is 9.99. The van der Waals surface area contributed by atoms with Crippen LogP contribution in [0.15, 0.2) is 35.7 Å². The average molecular weight is 289 g/mol. The Balaban J connectivity index is 1.62. The van der Waals surface area contributed by atoms with E-state index in [-0.39, 0.29) is 5.82 Å². The number of aryl methyl sites for hydroxylation is 1. The Labute approximate surface area is 123 Å². The van der Waals surface area contributed by atoms with Crippen LogP contribution in [0, 0.1) is 5.82 Å². The van der Waals surface area contributed by atoms with E-state index in [0.717, 1.165) is 6.42 Å². The maximum Gasteiger partial charge on any atom is 0.123 e. The first-order valence-corrected chi connectivity index (χ1v) is 8.17. The summed E-state index contributed by atoms with van der Waals surface area (Å²) in [5, 5.41) is 5.94. The molecule has 0 saturated carbocycles. The lowest BCUT2D eigenvalue weighted by molar-refractivity contribution is 0.409. The standard InChI is InChI=1S/C17H20FNS/c1-12(11-13-5-7-14(18)8-6-13)19-16-3-2-4-17-15(16)9-10-20-17/h5-10,12,16,19H,2-4,11H2,1H3. The molecule has 1 aromatic heterocycles. The van der Waals surface area contributed by atoms with Crippen LogP contribution in [0.1, 0.15) is 41.8 Å². The summed E-state index contributed by atoms with van der Waals surface area (Å²) in [5.41, 5.74) is 2.68. The van der Waals surface area contributed by atoms with E-state index < -0.39 is 0 Å². The smallest absolute Gasteiger partial charge is 0.123 e. The number of benzene rings is 1. The molecule has 1 aromatic carbocycles. The molecule has 3 rings (SSSR count). The lowest BCUT2D eigenvalue weighted by Gasteiger charge is -2.27. The Bertz CT molecular complexity index is 561. The molecule has 0 saturated heterocycles. The third kappa shape index (κ3) is 3.10. The van der Waals surface area contributed by atoms with Gasteiger partial charge in [0.1, 0.15) is 5.82 Å². The monoisotopic (exact) mass is 289 g/mol. The van der Waals surface area contributed by atoms with Crippen LogP contribution in [-0.2, 0) is 12.8 Å². The highest BCUT2D eigenvalue weighted by Crippen LogP contribution is 2.33. The van der Waals surface area contributed by atoms with Crippen LogP contribution < -0.4 is 5.32 Å². The van der Waals surface area contributed by atoms with Gasteiger partial charge in [0.05, 0.1) is 0 Å². The SMILES string of the molecule is CC(Cc1ccc(F)cc1)NC1CCCc2sccc21. The molecular weight excluding hydrogens is 269 g/mol. The molecule has 20 heavy (non-hydrogen) atoms. The van der Waals surface area contributed by atoms with Gasteiger partial charge in [0.2, 0.25) is 0 Å². The predicted octanol–water partition coefficient (Wildman–Crippen LogP) is 4.49. The van der Waals surface area contributed by atoms with E-state index in [1.807, 2.05) is 23.5 Å². The van der Waals surface area contributed by atoms with Gasteiger partial charge in [-0.2, -0.15) is 0 Å². The molecule has 1 nitrogen and oxygen atoms in total. The van der Waals surface area contributed by atoms with Crippen molar-refractivity contribution in [3.8, 4) is 0 Å². The van der Waals surface area contributed by atoms with Crippen molar-refractivity contribution in [2.24, 2.45) is 0 Å². The van der Waals surface area contributed by atoms with Crippen molar-refractivity contribution in [2.45, 2.75) is 44.7 Å². The first-order chi connectivity index (χ1) is 9.72. The van der Waals surface area contributed by atoms with Crippen molar-refractivity contribution < 1.29 is 4.39 Å². The Morgan fingerprint density at radius 3 is 2.90 bits per heavy atom. The third-order valence-electron chi connectivity index (χ3n) is 3.99. The topological polar surface area (TPSA) is 12.0 Å². The van der Waals surface area contributed by atoms with Gasteiger partial charge in [-0.3, -0.25) is 0 Å². The summed E-state index contributed by atoms with van der Waals surface area (Å²) >= 11 is 1.88. The van der Waals surface area contributed by atoms with Crippen molar-refractivity contribution in [3.63, 3.8) is 0 Å². The van der Waals surface area contributed by atoms with E-state index in [9.17, 15) is 4.39 Å². The first-order valence-electron chi connectivity index (χ1n) is 7.29. The number of hydrogen-bond acceptors (Lipinski definition) is 2. The summed E-state index contributed by atoms with van der Waals surface area (Å²) < 4.78 is 12.9. The maximum absolute atomic E-state index is 12.9. The summed E-state index contributed by atoms with van der Waals surface area (Å²) in [4.78, 5) is 1.54. The van der Waals surface area contributed by atoms with Crippen LogP contribution in [0.4, 0.5) is 4.39 Å². The average Bonchev–Trinajstić information content (AvgIpc) is 2.91. The fraction of sp³-hybridized carbons (Fsp3) is 0.412.